The van der Waals surface area contributed by atoms with Crippen molar-refractivity contribution in [3.05, 3.63) is 63.9 Å². The molecule has 1 heterocycles. The highest BCUT2D eigenvalue weighted by Gasteiger charge is 2.25. The first-order valence-corrected chi connectivity index (χ1v) is 9.62. The fraction of sp³-hybridized carbons (Fsp3) is 0.263. The van der Waals surface area contributed by atoms with Crippen LogP contribution < -0.4 is 21.4 Å². The zero-order chi connectivity index (χ0) is 21.0. The predicted octanol–water partition coefficient (Wildman–Crippen LogP) is 3.29. The molecule has 1 aliphatic heterocycles. The Labute approximate surface area is 176 Å². The summed E-state index contributed by atoms with van der Waals surface area (Å²) in [6, 6.07) is 6.71. The maximum atomic E-state index is 14.5. The molecule has 4 N–H and O–H groups in total. The number of anilines is 1. The lowest BCUT2D eigenvalue weighted by molar-refractivity contribution is 0.529. The van der Waals surface area contributed by atoms with Gasteiger partial charge in [0.25, 0.3) is 0 Å². The van der Waals surface area contributed by atoms with Gasteiger partial charge in [-0.25, -0.2) is 13.2 Å². The number of nitrogens with one attached hydrogen (secondary N) is 2. The molecule has 1 saturated heterocycles. The number of hydrogen-bond donors (Lipinski definition) is 3. The van der Waals surface area contributed by atoms with Crippen molar-refractivity contribution in [2.45, 2.75) is 19.0 Å². The van der Waals surface area contributed by atoms with E-state index in [1.807, 2.05) is 0 Å². The van der Waals surface area contributed by atoms with Crippen LogP contribution in [0, 0.1) is 17.5 Å². The standard InChI is InChI=1S/C19H19ClF3N5S/c20-14-2-1-3-15(21)13(14)9-25-12-4-5-28(10-12)18-7-16(22)11(6-17(18)23)8-26-27-19(24)29/h1-3,6-8,12,25H,4-5,9-10H2,(H3,24,27,29)/b26-8+/t12-/m1/s1. The van der Waals surface area contributed by atoms with Gasteiger partial charge in [0.05, 0.1) is 11.9 Å². The van der Waals surface area contributed by atoms with Gasteiger partial charge in [0.2, 0.25) is 0 Å². The van der Waals surface area contributed by atoms with Crippen molar-refractivity contribution in [2.24, 2.45) is 10.8 Å². The smallest absolute Gasteiger partial charge is 0.184 e. The molecule has 1 fully saturated rings. The first kappa shape index (κ1) is 21.4. The van der Waals surface area contributed by atoms with E-state index in [0.717, 1.165) is 18.3 Å². The Hall–Kier alpha value is -2.36. The van der Waals surface area contributed by atoms with Gasteiger partial charge in [-0.15, -0.1) is 0 Å². The highest BCUT2D eigenvalue weighted by Crippen LogP contribution is 2.27. The first-order chi connectivity index (χ1) is 13.8. The SMILES string of the molecule is NC(=S)N/N=C/c1cc(F)c(N2CC[C@@H](NCc3c(F)cccc3Cl)C2)cc1F. The summed E-state index contributed by atoms with van der Waals surface area (Å²) in [6.07, 6.45) is 1.81. The van der Waals surface area contributed by atoms with Crippen LogP contribution >= 0.6 is 23.8 Å². The monoisotopic (exact) mass is 441 g/mol. The second kappa shape index (κ2) is 9.43. The van der Waals surface area contributed by atoms with Gasteiger partial charge in [0.15, 0.2) is 5.11 Å². The largest absolute Gasteiger partial charge is 0.375 e. The van der Waals surface area contributed by atoms with E-state index in [-0.39, 0.29) is 34.8 Å². The highest BCUT2D eigenvalue weighted by molar-refractivity contribution is 7.80. The van der Waals surface area contributed by atoms with Gasteiger partial charge in [-0.2, -0.15) is 5.10 Å². The third-order valence-electron chi connectivity index (χ3n) is 4.60. The van der Waals surface area contributed by atoms with Crippen LogP contribution in [0.15, 0.2) is 35.4 Å². The second-order valence-electron chi connectivity index (χ2n) is 6.57. The molecule has 0 radical (unpaired) electrons. The van der Waals surface area contributed by atoms with Crippen LogP contribution in [0.2, 0.25) is 5.02 Å². The van der Waals surface area contributed by atoms with Crippen molar-refractivity contribution in [3.8, 4) is 0 Å². The number of benzene rings is 2. The Bertz CT molecular complexity index is 920. The van der Waals surface area contributed by atoms with Gasteiger partial charge in [-0.1, -0.05) is 17.7 Å². The van der Waals surface area contributed by atoms with Crippen LogP contribution in [0.1, 0.15) is 17.5 Å². The molecule has 2 aromatic rings. The summed E-state index contributed by atoms with van der Waals surface area (Å²) in [5, 5.41) is 7.14. The Balaban J connectivity index is 1.64. The van der Waals surface area contributed by atoms with Crippen LogP contribution in [0.4, 0.5) is 18.9 Å². The molecule has 154 valence electrons. The summed E-state index contributed by atoms with van der Waals surface area (Å²) >= 11 is 10.6. The minimum atomic E-state index is -0.621. The van der Waals surface area contributed by atoms with E-state index >= 15 is 0 Å². The molecule has 0 unspecified atom stereocenters. The molecular weight excluding hydrogens is 423 g/mol. The quantitative estimate of drug-likeness (QED) is 0.365. The van der Waals surface area contributed by atoms with Crippen molar-refractivity contribution in [1.82, 2.24) is 10.7 Å². The number of nitrogens with two attached hydrogens (primary N) is 1. The lowest BCUT2D eigenvalue weighted by Crippen LogP contribution is -2.32. The molecule has 10 heteroatoms. The number of halogens is 4. The van der Waals surface area contributed by atoms with Crippen LogP contribution in [0.5, 0.6) is 0 Å². The Morgan fingerprint density at radius 2 is 2.07 bits per heavy atom. The average Bonchev–Trinajstić information content (AvgIpc) is 3.12. The Morgan fingerprint density at radius 1 is 1.28 bits per heavy atom. The minimum absolute atomic E-state index is 0.0101. The van der Waals surface area contributed by atoms with Gasteiger partial charge >= 0.3 is 0 Å². The van der Waals surface area contributed by atoms with Crippen molar-refractivity contribution >= 4 is 40.8 Å². The zero-order valence-electron chi connectivity index (χ0n) is 15.3. The lowest BCUT2D eigenvalue weighted by Gasteiger charge is -2.20. The molecular formula is C19H19ClF3N5S. The van der Waals surface area contributed by atoms with Gasteiger partial charge in [-0.05, 0) is 36.8 Å². The van der Waals surface area contributed by atoms with Crippen LogP contribution in [0.25, 0.3) is 0 Å². The predicted molar refractivity (Wildman–Crippen MR) is 113 cm³/mol. The minimum Gasteiger partial charge on any atom is -0.375 e. The molecule has 1 aliphatic rings. The number of thiocarbonyl (C=S) groups is 1. The second-order valence-corrected chi connectivity index (χ2v) is 7.42. The molecule has 29 heavy (non-hydrogen) atoms. The maximum Gasteiger partial charge on any atom is 0.184 e. The fourth-order valence-electron chi connectivity index (χ4n) is 3.15. The van der Waals surface area contributed by atoms with E-state index in [1.54, 1.807) is 17.0 Å². The lowest BCUT2D eigenvalue weighted by atomic mass is 10.1. The van der Waals surface area contributed by atoms with Crippen molar-refractivity contribution < 1.29 is 13.2 Å². The average molecular weight is 442 g/mol. The summed E-state index contributed by atoms with van der Waals surface area (Å²) in [6.45, 7) is 1.25. The number of hydrazone groups is 1. The summed E-state index contributed by atoms with van der Waals surface area (Å²) < 4.78 is 42.7. The van der Waals surface area contributed by atoms with Gasteiger partial charge in [-0.3, -0.25) is 5.43 Å². The van der Waals surface area contributed by atoms with E-state index in [4.69, 9.17) is 17.3 Å². The summed E-state index contributed by atoms with van der Waals surface area (Å²) in [7, 11) is 0. The number of rotatable bonds is 6. The molecule has 2 aromatic carbocycles. The first-order valence-electron chi connectivity index (χ1n) is 8.84. The molecule has 0 amide bonds. The van der Waals surface area contributed by atoms with Crippen molar-refractivity contribution in [3.63, 3.8) is 0 Å². The highest BCUT2D eigenvalue weighted by atomic mass is 35.5. The van der Waals surface area contributed by atoms with E-state index in [2.05, 4.69) is 28.1 Å². The van der Waals surface area contributed by atoms with Crippen molar-refractivity contribution in [1.29, 1.82) is 0 Å². The molecule has 0 saturated carbocycles. The van der Waals surface area contributed by atoms with Crippen LogP contribution in [-0.2, 0) is 6.54 Å². The summed E-state index contributed by atoms with van der Waals surface area (Å²) in [4.78, 5) is 1.74. The molecule has 0 spiro atoms. The fourth-order valence-corrected chi connectivity index (χ4v) is 3.43. The van der Waals surface area contributed by atoms with Crippen LogP contribution in [0.3, 0.4) is 0 Å². The molecule has 3 rings (SSSR count). The Morgan fingerprint density at radius 3 is 2.79 bits per heavy atom. The number of hydrogen-bond acceptors (Lipinski definition) is 4. The third kappa shape index (κ3) is 5.37. The summed E-state index contributed by atoms with van der Waals surface area (Å²) in [5.74, 6) is -1.57. The van der Waals surface area contributed by atoms with Crippen molar-refractivity contribution in [2.75, 3.05) is 18.0 Å². The van der Waals surface area contributed by atoms with Gasteiger partial charge in [0, 0.05) is 47.9 Å². The van der Waals surface area contributed by atoms with E-state index in [0.29, 0.717) is 30.1 Å². The molecule has 5 nitrogen and oxygen atoms in total. The van der Waals surface area contributed by atoms with Crippen LogP contribution in [-0.4, -0.2) is 30.5 Å². The summed E-state index contributed by atoms with van der Waals surface area (Å²) in [5.41, 5.74) is 8.03. The van der Waals surface area contributed by atoms with E-state index in [9.17, 15) is 13.2 Å². The van der Waals surface area contributed by atoms with Gasteiger partial charge < -0.3 is 16.0 Å². The number of nitrogens with zero attached hydrogens (tertiary/aromatic N) is 2. The third-order valence-corrected chi connectivity index (χ3v) is 5.05. The molecule has 0 aliphatic carbocycles. The van der Waals surface area contributed by atoms with E-state index in [1.165, 1.54) is 6.07 Å². The molecule has 0 bridgehead atoms. The topological polar surface area (TPSA) is 65.7 Å². The van der Waals surface area contributed by atoms with Gasteiger partial charge in [0.1, 0.15) is 17.5 Å². The molecule has 0 aromatic heterocycles. The Kier molecular flexibility index (Phi) is 6.94. The molecule has 1 atom stereocenters. The zero-order valence-corrected chi connectivity index (χ0v) is 16.8. The maximum absolute atomic E-state index is 14.5. The normalized spacial score (nSPS) is 16.6. The van der Waals surface area contributed by atoms with E-state index < -0.39 is 11.6 Å².